The predicted octanol–water partition coefficient (Wildman–Crippen LogP) is -0.0719. The maximum atomic E-state index is 12.4. The van der Waals surface area contributed by atoms with E-state index in [4.69, 9.17) is 4.74 Å². The van der Waals surface area contributed by atoms with Crippen molar-refractivity contribution in [1.29, 1.82) is 0 Å². The quantitative estimate of drug-likeness (QED) is 0.827. The number of aromatic nitrogens is 2. The lowest BCUT2D eigenvalue weighted by atomic mass is 10.2. The molecule has 1 saturated heterocycles. The van der Waals surface area contributed by atoms with Crippen LogP contribution in [0.4, 0.5) is 5.69 Å². The second-order valence-corrected chi connectivity index (χ2v) is 7.42. The summed E-state index contributed by atoms with van der Waals surface area (Å²) in [4.78, 5) is 0. The maximum Gasteiger partial charge on any atom is 0.238 e. The molecule has 112 valence electrons. The Morgan fingerprint density at radius 2 is 2.20 bits per heavy atom. The summed E-state index contributed by atoms with van der Waals surface area (Å²) in [6, 6.07) is 0.132. The van der Waals surface area contributed by atoms with Gasteiger partial charge in [-0.05, 0) is 13.8 Å². The molecule has 0 amide bonds. The van der Waals surface area contributed by atoms with E-state index in [1.165, 1.54) is 4.31 Å². The van der Waals surface area contributed by atoms with E-state index in [0.29, 0.717) is 18.3 Å². The van der Waals surface area contributed by atoms with E-state index in [9.17, 15) is 8.42 Å². The predicted molar refractivity (Wildman–Crippen MR) is 75.1 cm³/mol. The molecule has 3 heterocycles. The number of fused-ring (bicyclic) bond motifs is 1. The minimum absolute atomic E-state index is 0.0269. The summed E-state index contributed by atoms with van der Waals surface area (Å²) < 4.78 is 33.4. The molecule has 1 aromatic heterocycles. The van der Waals surface area contributed by atoms with Gasteiger partial charge >= 0.3 is 0 Å². The normalized spacial score (nSPS) is 32.4. The third-order valence-corrected chi connectivity index (χ3v) is 5.99. The zero-order chi connectivity index (χ0) is 14.5. The van der Waals surface area contributed by atoms with Gasteiger partial charge in [-0.25, -0.2) is 8.42 Å². The SMILES string of the molecule is COC1CS(=O)(=O)N(c2cnn3c2CN[C@@H](C)C3)C1C. The largest absolute Gasteiger partial charge is 0.378 e. The Morgan fingerprint density at radius 1 is 1.45 bits per heavy atom. The van der Waals surface area contributed by atoms with E-state index in [1.807, 2.05) is 11.6 Å². The molecule has 0 aromatic carbocycles. The van der Waals surface area contributed by atoms with Crippen molar-refractivity contribution in [3.05, 3.63) is 11.9 Å². The zero-order valence-corrected chi connectivity index (χ0v) is 12.7. The highest BCUT2D eigenvalue weighted by Gasteiger charge is 2.44. The van der Waals surface area contributed by atoms with E-state index < -0.39 is 10.0 Å². The van der Waals surface area contributed by atoms with Crippen LogP contribution in [0.3, 0.4) is 0 Å². The van der Waals surface area contributed by atoms with Crippen LogP contribution in [0.2, 0.25) is 0 Å². The average molecular weight is 300 g/mol. The Labute approximate surface area is 118 Å². The van der Waals surface area contributed by atoms with Crippen LogP contribution in [0.25, 0.3) is 0 Å². The van der Waals surface area contributed by atoms with Crippen LogP contribution in [0.15, 0.2) is 6.20 Å². The molecule has 3 rings (SSSR count). The van der Waals surface area contributed by atoms with E-state index in [2.05, 4.69) is 17.3 Å². The minimum Gasteiger partial charge on any atom is -0.378 e. The Morgan fingerprint density at radius 3 is 2.85 bits per heavy atom. The zero-order valence-electron chi connectivity index (χ0n) is 11.9. The molecule has 1 fully saturated rings. The molecule has 3 atom stereocenters. The molecular weight excluding hydrogens is 280 g/mol. The number of nitrogens with zero attached hydrogens (tertiary/aromatic N) is 3. The van der Waals surface area contributed by atoms with Crippen molar-refractivity contribution < 1.29 is 13.2 Å². The second kappa shape index (κ2) is 4.71. The van der Waals surface area contributed by atoms with Gasteiger partial charge in [0.1, 0.15) is 0 Å². The summed E-state index contributed by atoms with van der Waals surface area (Å²) in [5.74, 6) is 0.0269. The van der Waals surface area contributed by atoms with Crippen molar-refractivity contribution in [2.75, 3.05) is 17.2 Å². The van der Waals surface area contributed by atoms with Crippen molar-refractivity contribution in [2.24, 2.45) is 0 Å². The number of sulfonamides is 1. The number of ether oxygens (including phenoxy) is 1. The van der Waals surface area contributed by atoms with Gasteiger partial charge < -0.3 is 10.1 Å². The summed E-state index contributed by atoms with van der Waals surface area (Å²) >= 11 is 0. The molecule has 7 nitrogen and oxygen atoms in total. The van der Waals surface area contributed by atoms with Gasteiger partial charge in [0, 0.05) is 19.7 Å². The lowest BCUT2D eigenvalue weighted by molar-refractivity contribution is 0.111. The van der Waals surface area contributed by atoms with Gasteiger partial charge in [0.2, 0.25) is 10.0 Å². The van der Waals surface area contributed by atoms with Gasteiger partial charge in [0.25, 0.3) is 0 Å². The van der Waals surface area contributed by atoms with E-state index in [0.717, 1.165) is 12.2 Å². The first-order valence-electron chi connectivity index (χ1n) is 6.77. The lowest BCUT2D eigenvalue weighted by Crippen LogP contribution is -2.39. The fraction of sp³-hybridized carbons (Fsp3) is 0.750. The Hall–Kier alpha value is -1.12. The Kier molecular flexibility index (Phi) is 3.26. The van der Waals surface area contributed by atoms with Crippen LogP contribution in [-0.4, -0.2) is 49.2 Å². The van der Waals surface area contributed by atoms with Crippen molar-refractivity contribution >= 4 is 15.7 Å². The van der Waals surface area contributed by atoms with Crippen LogP contribution in [0, 0.1) is 0 Å². The molecule has 2 aliphatic heterocycles. The van der Waals surface area contributed by atoms with Crippen molar-refractivity contribution in [1.82, 2.24) is 15.1 Å². The summed E-state index contributed by atoms with van der Waals surface area (Å²) in [5.41, 5.74) is 1.60. The molecule has 1 N–H and O–H groups in total. The van der Waals surface area contributed by atoms with Crippen LogP contribution in [-0.2, 0) is 27.8 Å². The maximum absolute atomic E-state index is 12.4. The highest BCUT2D eigenvalue weighted by atomic mass is 32.2. The number of hydrogen-bond donors (Lipinski definition) is 1. The second-order valence-electron chi connectivity index (χ2n) is 5.53. The molecule has 20 heavy (non-hydrogen) atoms. The van der Waals surface area contributed by atoms with Crippen LogP contribution in [0.1, 0.15) is 19.5 Å². The third kappa shape index (κ3) is 2.02. The molecule has 2 unspecified atom stereocenters. The van der Waals surface area contributed by atoms with Crippen molar-refractivity contribution in [3.8, 4) is 0 Å². The van der Waals surface area contributed by atoms with E-state index in [-0.39, 0.29) is 17.9 Å². The molecule has 0 bridgehead atoms. The topological polar surface area (TPSA) is 76.5 Å². The highest BCUT2D eigenvalue weighted by molar-refractivity contribution is 7.93. The first-order chi connectivity index (χ1) is 9.44. The minimum atomic E-state index is -3.34. The van der Waals surface area contributed by atoms with Gasteiger partial charge in [0.15, 0.2) is 0 Å². The molecule has 8 heteroatoms. The number of anilines is 1. The molecule has 2 aliphatic rings. The number of hydrogen-bond acceptors (Lipinski definition) is 5. The van der Waals surface area contributed by atoms with Gasteiger partial charge in [-0.1, -0.05) is 0 Å². The summed E-state index contributed by atoms with van der Waals surface area (Å²) in [5, 5.41) is 7.67. The van der Waals surface area contributed by atoms with Crippen LogP contribution < -0.4 is 9.62 Å². The lowest BCUT2D eigenvalue weighted by Gasteiger charge is -2.27. The summed E-state index contributed by atoms with van der Waals surface area (Å²) in [7, 11) is -1.79. The standard InChI is InChI=1S/C12H20N4O3S/c1-8-6-15-10(4-13-8)11(5-14-15)16-9(2)12(19-3)7-20(16,17)18/h5,8-9,12-13H,4,6-7H2,1-3H3/t8-,9?,12?/m0/s1. The molecule has 1 aromatic rings. The van der Waals surface area contributed by atoms with Gasteiger partial charge in [0.05, 0.1) is 42.0 Å². The fourth-order valence-corrected chi connectivity index (χ4v) is 5.07. The van der Waals surface area contributed by atoms with Gasteiger partial charge in [-0.2, -0.15) is 5.10 Å². The number of nitrogens with one attached hydrogen (secondary N) is 1. The summed E-state index contributed by atoms with van der Waals surface area (Å²) in [6.45, 7) is 5.35. The average Bonchev–Trinajstić information content (AvgIpc) is 2.87. The molecule has 0 radical (unpaired) electrons. The molecule has 0 aliphatic carbocycles. The van der Waals surface area contributed by atoms with Gasteiger partial charge in [-0.3, -0.25) is 8.99 Å². The smallest absolute Gasteiger partial charge is 0.238 e. The van der Waals surface area contributed by atoms with E-state index >= 15 is 0 Å². The monoisotopic (exact) mass is 300 g/mol. The van der Waals surface area contributed by atoms with Crippen molar-refractivity contribution in [2.45, 2.75) is 45.1 Å². The number of rotatable bonds is 2. The molecule has 0 spiro atoms. The fourth-order valence-electron chi connectivity index (χ4n) is 2.98. The van der Waals surface area contributed by atoms with E-state index in [1.54, 1.807) is 13.3 Å². The molecular formula is C12H20N4O3S. The Bertz CT molecular complexity index is 612. The van der Waals surface area contributed by atoms with Crippen LogP contribution in [0.5, 0.6) is 0 Å². The first kappa shape index (κ1) is 13.8. The summed E-state index contributed by atoms with van der Waals surface area (Å²) in [6.07, 6.45) is 1.35. The third-order valence-electron chi connectivity index (χ3n) is 4.11. The Balaban J connectivity index is 2.01. The number of methoxy groups -OCH3 is 1. The van der Waals surface area contributed by atoms with Gasteiger partial charge in [-0.15, -0.1) is 0 Å². The van der Waals surface area contributed by atoms with Crippen LogP contribution >= 0.6 is 0 Å². The first-order valence-corrected chi connectivity index (χ1v) is 8.38. The highest BCUT2D eigenvalue weighted by Crippen LogP contribution is 2.33. The molecule has 0 saturated carbocycles. The van der Waals surface area contributed by atoms with Crippen molar-refractivity contribution in [3.63, 3.8) is 0 Å².